The zero-order valence-corrected chi connectivity index (χ0v) is 8.62. The smallest absolute Gasteiger partial charge is 0.0802 e. The first-order valence-corrected chi connectivity index (χ1v) is 4.08. The van der Waals surface area contributed by atoms with E-state index in [0.29, 0.717) is 6.61 Å². The molecule has 0 aliphatic heterocycles. The molecule has 0 unspecified atom stereocenters. The minimum absolute atomic E-state index is 0.315. The van der Waals surface area contributed by atoms with Crippen LogP contribution < -0.4 is 5.11 Å². The molecule has 0 radical (unpaired) electrons. The van der Waals surface area contributed by atoms with Gasteiger partial charge in [-0.05, 0) is 6.08 Å². The summed E-state index contributed by atoms with van der Waals surface area (Å²) in [4.78, 5) is 9.14. The Labute approximate surface area is 79.7 Å². The first-order valence-electron chi connectivity index (χ1n) is 4.08. The van der Waals surface area contributed by atoms with Crippen molar-refractivity contribution in [3.05, 3.63) is 12.7 Å². The summed E-state index contributed by atoms with van der Waals surface area (Å²) in [5.74, 6) is -1.23. The third-order valence-corrected chi connectivity index (χ3v) is 1.15. The molecule has 13 heavy (non-hydrogen) atoms. The number of carbonyl (C=O) groups excluding carboxylic acids is 1. The van der Waals surface area contributed by atoms with Crippen LogP contribution in [0.1, 0.15) is 6.42 Å². The molecule has 0 aliphatic carbocycles. The van der Waals surface area contributed by atoms with Crippen LogP contribution in [0.5, 0.6) is 0 Å². The highest BCUT2D eigenvalue weighted by molar-refractivity contribution is 5.76. The van der Waals surface area contributed by atoms with E-state index in [4.69, 9.17) is 15.0 Å². The van der Waals surface area contributed by atoms with Crippen molar-refractivity contribution in [1.29, 1.82) is 0 Å². The minimum Gasteiger partial charge on any atom is -0.545 e. The van der Waals surface area contributed by atoms with Gasteiger partial charge in [0.2, 0.25) is 0 Å². The fraction of sp³-hybridized carbons (Fsp3) is 0.667. The number of hydrogen-bond acceptors (Lipinski definition) is 3. The fourth-order valence-corrected chi connectivity index (χ4v) is 0.545. The Morgan fingerprint density at radius 2 is 1.92 bits per heavy atom. The van der Waals surface area contributed by atoms with E-state index in [1.807, 2.05) is 0 Å². The van der Waals surface area contributed by atoms with Gasteiger partial charge in [0.1, 0.15) is 0 Å². The van der Waals surface area contributed by atoms with Crippen molar-refractivity contribution in [2.24, 2.45) is 0 Å². The third kappa shape index (κ3) is 24.7. The molecule has 0 amide bonds. The molecule has 0 aromatic heterocycles. The number of hydrogen-bond donors (Lipinski definition) is 1. The molecule has 0 rings (SSSR count). The van der Waals surface area contributed by atoms with Crippen LogP contribution in [0, 0.1) is 0 Å². The van der Waals surface area contributed by atoms with Gasteiger partial charge in [-0.3, -0.25) is 0 Å². The van der Waals surface area contributed by atoms with Gasteiger partial charge in [0, 0.05) is 13.0 Å². The number of carbonyl (C=O) groups is 1. The Hall–Kier alpha value is -0.870. The summed E-state index contributed by atoms with van der Waals surface area (Å²) in [7, 11) is 6.36. The van der Waals surface area contributed by atoms with Crippen molar-refractivity contribution in [3.63, 3.8) is 0 Å². The van der Waals surface area contributed by atoms with Gasteiger partial charge in [0.05, 0.1) is 33.7 Å². The number of nitrogens with zero attached hydrogens (tertiary/aromatic N) is 1. The number of aliphatic hydroxyl groups is 1. The van der Waals surface area contributed by atoms with E-state index in [0.717, 1.165) is 23.5 Å². The van der Waals surface area contributed by atoms with Crippen molar-refractivity contribution in [2.45, 2.75) is 6.42 Å². The average Bonchev–Trinajstić information content (AvgIpc) is 2.00. The van der Waals surface area contributed by atoms with Crippen LogP contribution in [0.4, 0.5) is 0 Å². The monoisotopic (exact) mass is 189 g/mol. The van der Waals surface area contributed by atoms with E-state index in [-0.39, 0.29) is 0 Å². The average molecular weight is 189 g/mol. The summed E-state index contributed by atoms with van der Waals surface area (Å²) < 4.78 is 0.945. The molecule has 4 heteroatoms. The Kier molecular flexibility index (Phi) is 8.74. The van der Waals surface area contributed by atoms with Crippen LogP contribution >= 0.6 is 0 Å². The summed E-state index contributed by atoms with van der Waals surface area (Å²) >= 11 is 0. The molecule has 4 nitrogen and oxygen atoms in total. The van der Waals surface area contributed by atoms with E-state index in [2.05, 4.69) is 27.7 Å². The minimum atomic E-state index is -1.23. The lowest BCUT2D eigenvalue weighted by Gasteiger charge is -2.22. The highest BCUT2D eigenvalue weighted by atomic mass is 16.4. The first kappa shape index (κ1) is 14.6. The topological polar surface area (TPSA) is 60.4 Å². The normalized spacial score (nSPS) is 9.85. The van der Waals surface area contributed by atoms with Crippen LogP contribution in [-0.4, -0.2) is 49.9 Å². The van der Waals surface area contributed by atoms with Crippen molar-refractivity contribution in [1.82, 2.24) is 0 Å². The predicted molar refractivity (Wildman–Crippen MR) is 49.8 cm³/mol. The number of quaternary nitrogens is 1. The first-order chi connectivity index (χ1) is 5.83. The Bertz CT molecular complexity index is 149. The zero-order valence-electron chi connectivity index (χ0n) is 8.62. The lowest BCUT2D eigenvalue weighted by atomic mass is 10.4. The van der Waals surface area contributed by atoms with E-state index < -0.39 is 5.97 Å². The number of carboxylic acid groups (broad SMARTS) is 1. The second-order valence-corrected chi connectivity index (χ2v) is 3.61. The number of rotatable bonds is 4. The summed E-state index contributed by atoms with van der Waals surface area (Å²) in [6, 6.07) is 0. The molecular formula is C9H19NO3. The summed E-state index contributed by atoms with van der Waals surface area (Å²) in [6.45, 7) is 4.27. The largest absolute Gasteiger partial charge is 0.545 e. The highest BCUT2D eigenvalue weighted by Gasteiger charge is 2.03. The summed E-state index contributed by atoms with van der Waals surface area (Å²) in [5.41, 5.74) is 0. The second-order valence-electron chi connectivity index (χ2n) is 3.61. The lowest BCUT2D eigenvalue weighted by Crippen LogP contribution is -2.35. The maximum absolute atomic E-state index is 9.14. The van der Waals surface area contributed by atoms with Crippen LogP contribution in [0.3, 0.4) is 0 Å². The Morgan fingerprint density at radius 3 is 2.00 bits per heavy atom. The van der Waals surface area contributed by atoms with Gasteiger partial charge in [-0.1, -0.05) is 6.58 Å². The third-order valence-electron chi connectivity index (χ3n) is 1.15. The number of aliphatic hydroxyl groups excluding tert-OH is 1. The van der Waals surface area contributed by atoms with Crippen LogP contribution in [0.15, 0.2) is 12.7 Å². The van der Waals surface area contributed by atoms with Gasteiger partial charge >= 0.3 is 0 Å². The fourth-order valence-electron chi connectivity index (χ4n) is 0.545. The van der Waals surface area contributed by atoms with Crippen molar-refractivity contribution in [2.75, 3.05) is 34.3 Å². The molecule has 0 spiro atoms. The van der Waals surface area contributed by atoms with E-state index >= 15 is 0 Å². The van der Waals surface area contributed by atoms with Gasteiger partial charge in [-0.2, -0.15) is 0 Å². The molecule has 78 valence electrons. The molecule has 0 heterocycles. The van der Waals surface area contributed by atoms with Gasteiger partial charge in [0.15, 0.2) is 0 Å². The quantitative estimate of drug-likeness (QED) is 0.455. The molecule has 0 aromatic carbocycles. The van der Waals surface area contributed by atoms with Gasteiger partial charge in [-0.25, -0.2) is 0 Å². The zero-order chi connectivity index (χ0) is 10.9. The number of aliphatic carboxylic acids is 1. The molecule has 0 atom stereocenters. The summed E-state index contributed by atoms with van der Waals surface area (Å²) in [5, 5.41) is 17.6. The molecule has 0 bridgehead atoms. The molecule has 0 aliphatic rings. The van der Waals surface area contributed by atoms with Crippen molar-refractivity contribution >= 4 is 5.97 Å². The van der Waals surface area contributed by atoms with Crippen LogP contribution in [-0.2, 0) is 4.79 Å². The van der Waals surface area contributed by atoms with E-state index in [9.17, 15) is 0 Å². The molecular weight excluding hydrogens is 170 g/mol. The van der Waals surface area contributed by atoms with Crippen molar-refractivity contribution in [3.8, 4) is 0 Å². The summed E-state index contributed by atoms with van der Waals surface area (Å²) in [6.07, 6.45) is 1.63. The Balaban J connectivity index is 0. The molecule has 0 aromatic rings. The molecule has 0 saturated heterocycles. The predicted octanol–water partition coefficient (Wildman–Crippen LogP) is -1.00. The maximum Gasteiger partial charge on any atom is 0.0802 e. The second kappa shape index (κ2) is 7.76. The lowest BCUT2D eigenvalue weighted by molar-refractivity contribution is -0.870. The van der Waals surface area contributed by atoms with Crippen LogP contribution in [0.2, 0.25) is 0 Å². The van der Waals surface area contributed by atoms with Gasteiger partial charge < -0.3 is 19.5 Å². The van der Waals surface area contributed by atoms with Gasteiger partial charge in [-0.15, -0.1) is 0 Å². The van der Waals surface area contributed by atoms with Crippen LogP contribution in [0.25, 0.3) is 0 Å². The van der Waals surface area contributed by atoms with Gasteiger partial charge in [0.25, 0.3) is 0 Å². The Morgan fingerprint density at radius 1 is 1.54 bits per heavy atom. The standard InChI is InChI=1S/C6H16NO.C3H4O2/c1-7(2,3)5-4-6-8;1-2-3(4)5/h8H,4-6H2,1-3H3;2H,1H2,(H,4,5)/q+1;/p-1. The van der Waals surface area contributed by atoms with E-state index in [1.54, 1.807) is 0 Å². The van der Waals surface area contributed by atoms with Crippen molar-refractivity contribution < 1.29 is 19.5 Å². The number of carboxylic acids is 1. The molecule has 0 fully saturated rings. The molecule has 0 saturated carbocycles. The highest BCUT2D eigenvalue weighted by Crippen LogP contribution is 1.90. The maximum atomic E-state index is 9.14. The molecule has 1 N–H and O–H groups in total. The SMILES string of the molecule is C=CC(=O)[O-].C[N+](C)(C)CCCO. The van der Waals surface area contributed by atoms with E-state index in [1.165, 1.54) is 0 Å².